The molecule has 3 rings (SSSR count). The molecule has 0 aromatic heterocycles. The lowest BCUT2D eigenvalue weighted by Gasteiger charge is -2.45. The van der Waals surface area contributed by atoms with Crippen LogP contribution in [-0.4, -0.2) is 24.6 Å². The third-order valence-electron chi connectivity index (χ3n) is 4.42. The van der Waals surface area contributed by atoms with Gasteiger partial charge in [-0.3, -0.25) is 9.59 Å². The van der Waals surface area contributed by atoms with Crippen molar-refractivity contribution in [2.24, 2.45) is 10.5 Å². The van der Waals surface area contributed by atoms with E-state index in [1.165, 1.54) is 5.01 Å². The highest BCUT2D eigenvalue weighted by atomic mass is 16.2. The Morgan fingerprint density at radius 1 is 1.29 bits per heavy atom. The minimum atomic E-state index is -0.231. The van der Waals surface area contributed by atoms with Crippen molar-refractivity contribution in [1.29, 1.82) is 0 Å². The summed E-state index contributed by atoms with van der Waals surface area (Å²) in [5.74, 6) is -0.0475. The molecule has 1 aromatic rings. The van der Waals surface area contributed by atoms with Crippen molar-refractivity contribution in [3.63, 3.8) is 0 Å². The highest BCUT2D eigenvalue weighted by molar-refractivity contribution is 6.05. The average molecular weight is 285 g/mol. The third-order valence-corrected chi connectivity index (χ3v) is 4.42. The highest BCUT2D eigenvalue weighted by Gasteiger charge is 2.49. The number of hydrogen-bond acceptors (Lipinski definition) is 3. The van der Waals surface area contributed by atoms with Gasteiger partial charge in [-0.15, -0.1) is 0 Å². The summed E-state index contributed by atoms with van der Waals surface area (Å²) in [6.07, 6.45) is 3.79. The monoisotopic (exact) mass is 285 g/mol. The molecule has 0 radical (unpaired) electrons. The van der Waals surface area contributed by atoms with Crippen LogP contribution in [0.15, 0.2) is 29.4 Å². The summed E-state index contributed by atoms with van der Waals surface area (Å²) in [4.78, 5) is 24.2. The molecule has 5 nitrogen and oxygen atoms in total. The molecule has 1 aliphatic carbocycles. The van der Waals surface area contributed by atoms with Gasteiger partial charge in [-0.05, 0) is 44.0 Å². The van der Waals surface area contributed by atoms with Gasteiger partial charge in [0, 0.05) is 24.7 Å². The lowest BCUT2D eigenvalue weighted by atomic mass is 9.64. The maximum atomic E-state index is 12.7. The smallest absolute Gasteiger partial charge is 0.253 e. The van der Waals surface area contributed by atoms with Crippen LogP contribution in [0.5, 0.6) is 0 Å². The molecule has 1 aliphatic heterocycles. The largest absolute Gasteiger partial charge is 0.355 e. The molecule has 2 amide bonds. The van der Waals surface area contributed by atoms with Gasteiger partial charge in [0.1, 0.15) is 0 Å². The van der Waals surface area contributed by atoms with Gasteiger partial charge in [-0.2, -0.15) is 5.10 Å². The molecule has 1 saturated carbocycles. The highest BCUT2D eigenvalue weighted by Crippen LogP contribution is 2.48. The summed E-state index contributed by atoms with van der Waals surface area (Å²) in [6.45, 7) is 1.97. The van der Waals surface area contributed by atoms with E-state index in [2.05, 4.69) is 10.4 Å². The molecule has 21 heavy (non-hydrogen) atoms. The number of amides is 2. The first-order valence-electron chi connectivity index (χ1n) is 7.26. The summed E-state index contributed by atoms with van der Waals surface area (Å²) < 4.78 is 0. The molecule has 2 aliphatic rings. The van der Waals surface area contributed by atoms with Crippen LogP contribution in [-0.2, 0) is 4.79 Å². The summed E-state index contributed by atoms with van der Waals surface area (Å²) in [7, 11) is 1.60. The van der Waals surface area contributed by atoms with Crippen LogP contribution in [0, 0.1) is 5.41 Å². The Hall–Kier alpha value is -2.17. The van der Waals surface area contributed by atoms with Crippen LogP contribution in [0.3, 0.4) is 0 Å². The lowest BCUT2D eigenvalue weighted by Crippen LogP contribution is -2.50. The van der Waals surface area contributed by atoms with Crippen LogP contribution >= 0.6 is 0 Å². The fraction of sp³-hybridized carbons (Fsp3) is 0.438. The van der Waals surface area contributed by atoms with Gasteiger partial charge < -0.3 is 5.32 Å². The third kappa shape index (κ3) is 2.22. The first-order chi connectivity index (χ1) is 10.1. The van der Waals surface area contributed by atoms with Gasteiger partial charge in [0.2, 0.25) is 0 Å². The minimum absolute atomic E-state index is 0.0899. The number of rotatable bonds is 2. The van der Waals surface area contributed by atoms with Crippen molar-refractivity contribution in [1.82, 2.24) is 5.32 Å². The fourth-order valence-corrected chi connectivity index (χ4v) is 3.11. The number of hydrogen-bond donors (Lipinski definition) is 1. The first kappa shape index (κ1) is 13.8. The molecule has 5 heteroatoms. The number of carbonyl (C=O) groups excluding carboxylic acids is 2. The normalized spacial score (nSPS) is 20.0. The molecule has 1 fully saturated rings. The molecule has 1 heterocycles. The van der Waals surface area contributed by atoms with Crippen molar-refractivity contribution >= 4 is 23.2 Å². The van der Waals surface area contributed by atoms with Crippen LogP contribution < -0.4 is 10.3 Å². The van der Waals surface area contributed by atoms with E-state index < -0.39 is 0 Å². The van der Waals surface area contributed by atoms with E-state index in [1.807, 2.05) is 6.92 Å². The molecule has 0 saturated heterocycles. The zero-order valence-corrected chi connectivity index (χ0v) is 12.3. The van der Waals surface area contributed by atoms with Crippen LogP contribution in [0.4, 0.5) is 5.69 Å². The fourth-order valence-electron chi connectivity index (χ4n) is 3.11. The summed E-state index contributed by atoms with van der Waals surface area (Å²) in [5, 5.41) is 8.49. The maximum absolute atomic E-state index is 12.7. The first-order valence-corrected chi connectivity index (χ1v) is 7.26. The average Bonchev–Trinajstić information content (AvgIpc) is 2.47. The summed E-state index contributed by atoms with van der Waals surface area (Å²) in [5.41, 5.74) is 2.05. The molecular formula is C16H19N3O2. The van der Waals surface area contributed by atoms with Gasteiger partial charge in [-0.1, -0.05) is 6.42 Å². The SMILES string of the molecule is CNC(=O)c1ccc(N2N=C(C)CC3(CCC3)C2=O)cc1. The maximum Gasteiger partial charge on any atom is 0.253 e. The van der Waals surface area contributed by atoms with E-state index in [0.29, 0.717) is 5.56 Å². The second kappa shape index (κ2) is 4.98. The Morgan fingerprint density at radius 2 is 1.95 bits per heavy atom. The van der Waals surface area contributed by atoms with Gasteiger partial charge in [0.05, 0.1) is 11.1 Å². The molecular weight excluding hydrogens is 266 g/mol. The van der Waals surface area contributed by atoms with Crippen molar-refractivity contribution < 1.29 is 9.59 Å². The Balaban J connectivity index is 1.90. The number of nitrogens with one attached hydrogen (secondary N) is 1. The van der Waals surface area contributed by atoms with Gasteiger partial charge >= 0.3 is 0 Å². The zero-order chi connectivity index (χ0) is 15.0. The van der Waals surface area contributed by atoms with E-state index in [9.17, 15) is 9.59 Å². The molecule has 1 spiro atoms. The Bertz CT molecular complexity index is 615. The molecule has 0 unspecified atom stereocenters. The predicted molar refractivity (Wildman–Crippen MR) is 81.3 cm³/mol. The van der Waals surface area contributed by atoms with E-state index in [1.54, 1.807) is 31.3 Å². The second-order valence-electron chi connectivity index (χ2n) is 5.89. The Kier molecular flexibility index (Phi) is 3.27. The van der Waals surface area contributed by atoms with Crippen LogP contribution in [0.2, 0.25) is 0 Å². The zero-order valence-electron chi connectivity index (χ0n) is 12.3. The van der Waals surface area contributed by atoms with Crippen molar-refractivity contribution in [2.45, 2.75) is 32.6 Å². The standard InChI is InChI=1S/C16H19N3O2/c1-11-10-16(8-3-9-16)15(21)19(18-11)13-6-4-12(5-7-13)14(20)17-2/h4-7H,3,8-10H2,1-2H3,(H,17,20). The summed E-state index contributed by atoms with van der Waals surface area (Å²) >= 11 is 0. The number of benzene rings is 1. The number of nitrogens with zero attached hydrogens (tertiary/aromatic N) is 2. The van der Waals surface area contributed by atoms with Gasteiger partial charge in [-0.25, -0.2) is 5.01 Å². The number of carbonyl (C=O) groups is 2. The topological polar surface area (TPSA) is 61.8 Å². The van der Waals surface area contributed by atoms with Gasteiger partial charge in [0.15, 0.2) is 0 Å². The van der Waals surface area contributed by atoms with Crippen LogP contribution in [0.1, 0.15) is 43.0 Å². The Morgan fingerprint density at radius 3 is 2.48 bits per heavy atom. The molecule has 110 valence electrons. The lowest BCUT2D eigenvalue weighted by molar-refractivity contribution is -0.133. The molecule has 1 aromatic carbocycles. The Labute approximate surface area is 124 Å². The van der Waals surface area contributed by atoms with Crippen molar-refractivity contribution in [3.05, 3.63) is 29.8 Å². The number of anilines is 1. The van der Waals surface area contributed by atoms with Gasteiger partial charge in [0.25, 0.3) is 11.8 Å². The molecule has 1 N–H and O–H groups in total. The molecule has 0 bridgehead atoms. The molecule has 0 atom stereocenters. The van der Waals surface area contributed by atoms with E-state index in [4.69, 9.17) is 0 Å². The van der Waals surface area contributed by atoms with Crippen molar-refractivity contribution in [3.8, 4) is 0 Å². The summed E-state index contributed by atoms with van der Waals surface area (Å²) in [6, 6.07) is 6.98. The van der Waals surface area contributed by atoms with E-state index in [0.717, 1.165) is 37.1 Å². The minimum Gasteiger partial charge on any atom is -0.355 e. The van der Waals surface area contributed by atoms with E-state index in [-0.39, 0.29) is 17.2 Å². The van der Waals surface area contributed by atoms with E-state index >= 15 is 0 Å². The second-order valence-corrected chi connectivity index (χ2v) is 5.89. The number of hydrazone groups is 1. The van der Waals surface area contributed by atoms with Crippen LogP contribution in [0.25, 0.3) is 0 Å². The quantitative estimate of drug-likeness (QED) is 0.906. The van der Waals surface area contributed by atoms with Crippen molar-refractivity contribution in [2.75, 3.05) is 12.1 Å². The predicted octanol–water partition coefficient (Wildman–Crippen LogP) is 2.33.